The Bertz CT molecular complexity index is 269. The van der Waals surface area contributed by atoms with Crippen LogP contribution in [0.25, 0.3) is 0 Å². The number of carbonyl (C=O) groups excluding carboxylic acids is 1. The molecule has 1 nitrogen and oxygen atoms in total. The Hall–Kier alpha value is -0.730. The van der Waals surface area contributed by atoms with Gasteiger partial charge in [0.2, 0.25) is 5.92 Å². The van der Waals surface area contributed by atoms with Gasteiger partial charge in [-0.05, 0) is 37.7 Å². The van der Waals surface area contributed by atoms with Crippen molar-refractivity contribution in [3.63, 3.8) is 0 Å². The Morgan fingerprint density at radius 2 is 1.73 bits per heavy atom. The number of alkyl halides is 2. The van der Waals surface area contributed by atoms with Crippen molar-refractivity contribution in [1.82, 2.24) is 0 Å². The zero-order valence-electron chi connectivity index (χ0n) is 8.72. The monoisotopic (exact) mass is 214 g/mol. The number of hydrogen-bond acceptors (Lipinski definition) is 1. The molecule has 0 saturated heterocycles. The Morgan fingerprint density at radius 1 is 1.13 bits per heavy atom. The molecule has 0 amide bonds. The first kappa shape index (κ1) is 10.8. The molecule has 0 radical (unpaired) electrons. The topological polar surface area (TPSA) is 17.1 Å². The number of allylic oxidation sites excluding steroid dienone is 2. The molecule has 0 bridgehead atoms. The maximum absolute atomic E-state index is 12.8. The predicted octanol–water partition coefficient (Wildman–Crippen LogP) is 3.35. The maximum atomic E-state index is 12.8. The Morgan fingerprint density at radius 3 is 2.27 bits per heavy atom. The van der Waals surface area contributed by atoms with Crippen LogP contribution in [0.15, 0.2) is 12.2 Å². The number of rotatable bonds is 3. The summed E-state index contributed by atoms with van der Waals surface area (Å²) in [5.41, 5.74) is 0. The van der Waals surface area contributed by atoms with E-state index in [-0.39, 0.29) is 30.5 Å². The largest absolute Gasteiger partial charge is 0.295 e. The smallest absolute Gasteiger partial charge is 0.248 e. The van der Waals surface area contributed by atoms with Crippen LogP contribution >= 0.6 is 0 Å². The molecule has 0 heterocycles. The molecular formula is C12H16F2O. The highest BCUT2D eigenvalue weighted by Crippen LogP contribution is 2.37. The normalized spacial score (nSPS) is 27.1. The number of halogens is 2. The summed E-state index contributed by atoms with van der Waals surface area (Å²) >= 11 is 0. The highest BCUT2D eigenvalue weighted by Gasteiger charge is 2.34. The van der Waals surface area contributed by atoms with Gasteiger partial charge < -0.3 is 0 Å². The van der Waals surface area contributed by atoms with Crippen LogP contribution in [0.2, 0.25) is 0 Å². The van der Waals surface area contributed by atoms with E-state index in [2.05, 4.69) is 0 Å². The van der Waals surface area contributed by atoms with Crippen LogP contribution < -0.4 is 0 Å². The summed E-state index contributed by atoms with van der Waals surface area (Å²) in [7, 11) is 0. The van der Waals surface area contributed by atoms with Gasteiger partial charge in [-0.1, -0.05) is 6.08 Å². The van der Waals surface area contributed by atoms with Gasteiger partial charge in [-0.25, -0.2) is 8.78 Å². The summed E-state index contributed by atoms with van der Waals surface area (Å²) < 4.78 is 25.6. The molecule has 0 aliphatic heterocycles. The molecule has 2 rings (SSSR count). The standard InChI is InChI=1S/C12H16F2O/c13-12(14)7-5-9(6-8-12)1-4-11(15)10-2-3-10/h1,4,9-10H,2-3,5-8H2/b4-1+. The van der Waals surface area contributed by atoms with Crippen molar-refractivity contribution in [2.45, 2.75) is 44.4 Å². The van der Waals surface area contributed by atoms with Gasteiger partial charge in [0.05, 0.1) is 0 Å². The number of carbonyl (C=O) groups is 1. The van der Waals surface area contributed by atoms with E-state index in [1.54, 1.807) is 6.08 Å². The molecule has 0 N–H and O–H groups in total. The van der Waals surface area contributed by atoms with Crippen molar-refractivity contribution in [3.8, 4) is 0 Å². The third-order valence-corrected chi connectivity index (χ3v) is 3.27. The molecule has 2 aliphatic carbocycles. The second kappa shape index (κ2) is 4.03. The van der Waals surface area contributed by atoms with Crippen LogP contribution in [-0.2, 0) is 4.79 Å². The number of hydrogen-bond donors (Lipinski definition) is 0. The van der Waals surface area contributed by atoms with E-state index in [0.717, 1.165) is 12.8 Å². The van der Waals surface area contributed by atoms with Crippen molar-refractivity contribution in [2.24, 2.45) is 11.8 Å². The minimum atomic E-state index is -2.47. The third kappa shape index (κ3) is 3.11. The summed E-state index contributed by atoms with van der Waals surface area (Å²) in [5, 5.41) is 0. The highest BCUT2D eigenvalue weighted by molar-refractivity contribution is 5.93. The minimum Gasteiger partial charge on any atom is -0.295 e. The highest BCUT2D eigenvalue weighted by atomic mass is 19.3. The number of ketones is 1. The van der Waals surface area contributed by atoms with E-state index in [9.17, 15) is 13.6 Å². The molecule has 15 heavy (non-hydrogen) atoms. The van der Waals surface area contributed by atoms with Crippen LogP contribution in [-0.4, -0.2) is 11.7 Å². The molecule has 2 fully saturated rings. The van der Waals surface area contributed by atoms with Crippen molar-refractivity contribution >= 4 is 5.78 Å². The molecule has 0 aromatic carbocycles. The van der Waals surface area contributed by atoms with Crippen molar-refractivity contribution in [1.29, 1.82) is 0 Å². The molecule has 2 aliphatic rings. The van der Waals surface area contributed by atoms with E-state index in [1.807, 2.05) is 6.08 Å². The van der Waals surface area contributed by atoms with Gasteiger partial charge in [0.1, 0.15) is 0 Å². The molecule has 0 spiro atoms. The molecule has 0 atom stereocenters. The first-order valence-electron chi connectivity index (χ1n) is 5.67. The zero-order chi connectivity index (χ0) is 10.9. The van der Waals surface area contributed by atoms with Crippen LogP contribution in [0.3, 0.4) is 0 Å². The van der Waals surface area contributed by atoms with E-state index >= 15 is 0 Å². The van der Waals surface area contributed by atoms with E-state index in [1.165, 1.54) is 0 Å². The fourth-order valence-corrected chi connectivity index (χ4v) is 1.99. The van der Waals surface area contributed by atoms with E-state index < -0.39 is 5.92 Å². The average molecular weight is 214 g/mol. The van der Waals surface area contributed by atoms with Gasteiger partial charge in [-0.15, -0.1) is 0 Å². The lowest BCUT2D eigenvalue weighted by Crippen LogP contribution is -2.23. The predicted molar refractivity (Wildman–Crippen MR) is 53.8 cm³/mol. The Labute approximate surface area is 88.5 Å². The van der Waals surface area contributed by atoms with Gasteiger partial charge in [0, 0.05) is 18.8 Å². The first-order valence-corrected chi connectivity index (χ1v) is 5.67. The molecular weight excluding hydrogens is 198 g/mol. The van der Waals surface area contributed by atoms with Crippen LogP contribution in [0.1, 0.15) is 38.5 Å². The van der Waals surface area contributed by atoms with Crippen molar-refractivity contribution in [2.75, 3.05) is 0 Å². The molecule has 84 valence electrons. The van der Waals surface area contributed by atoms with Crippen LogP contribution in [0.5, 0.6) is 0 Å². The summed E-state index contributed by atoms with van der Waals surface area (Å²) in [6, 6.07) is 0. The van der Waals surface area contributed by atoms with Gasteiger partial charge in [-0.3, -0.25) is 4.79 Å². The second-order valence-corrected chi connectivity index (χ2v) is 4.73. The lowest BCUT2D eigenvalue weighted by atomic mass is 9.86. The van der Waals surface area contributed by atoms with Crippen LogP contribution in [0.4, 0.5) is 8.78 Å². The van der Waals surface area contributed by atoms with E-state index in [0.29, 0.717) is 12.8 Å². The summed E-state index contributed by atoms with van der Waals surface area (Å²) in [5.74, 6) is -1.85. The lowest BCUT2D eigenvalue weighted by Gasteiger charge is -2.26. The SMILES string of the molecule is O=C(/C=C/C1CCC(F)(F)CC1)C1CC1. The minimum absolute atomic E-state index is 0.0281. The summed E-state index contributed by atoms with van der Waals surface area (Å²) in [4.78, 5) is 11.3. The third-order valence-electron chi connectivity index (χ3n) is 3.27. The van der Waals surface area contributed by atoms with E-state index in [4.69, 9.17) is 0 Å². The maximum Gasteiger partial charge on any atom is 0.248 e. The lowest BCUT2D eigenvalue weighted by molar-refractivity contribution is -0.115. The van der Waals surface area contributed by atoms with Gasteiger partial charge >= 0.3 is 0 Å². The Kier molecular flexibility index (Phi) is 2.89. The second-order valence-electron chi connectivity index (χ2n) is 4.73. The Balaban J connectivity index is 1.78. The first-order chi connectivity index (χ1) is 7.07. The fraction of sp³-hybridized carbons (Fsp3) is 0.750. The van der Waals surface area contributed by atoms with Crippen molar-refractivity contribution < 1.29 is 13.6 Å². The molecule has 0 aromatic heterocycles. The molecule has 2 saturated carbocycles. The molecule has 0 aromatic rings. The van der Waals surface area contributed by atoms with Crippen molar-refractivity contribution in [3.05, 3.63) is 12.2 Å². The van der Waals surface area contributed by atoms with Gasteiger partial charge in [0.25, 0.3) is 0 Å². The summed E-state index contributed by atoms with van der Waals surface area (Å²) in [6.07, 6.45) is 6.45. The molecule has 0 unspecified atom stereocenters. The zero-order valence-corrected chi connectivity index (χ0v) is 8.72. The quantitative estimate of drug-likeness (QED) is 0.658. The van der Waals surface area contributed by atoms with Gasteiger partial charge in [0.15, 0.2) is 5.78 Å². The average Bonchev–Trinajstić information content (AvgIpc) is 2.99. The summed E-state index contributed by atoms with van der Waals surface area (Å²) in [6.45, 7) is 0. The van der Waals surface area contributed by atoms with Gasteiger partial charge in [-0.2, -0.15) is 0 Å². The fourth-order valence-electron chi connectivity index (χ4n) is 1.99. The van der Waals surface area contributed by atoms with Crippen LogP contribution in [0, 0.1) is 11.8 Å². The molecule has 3 heteroatoms.